The van der Waals surface area contributed by atoms with E-state index >= 15 is 0 Å². The first-order valence-corrected chi connectivity index (χ1v) is 9.79. The van der Waals surface area contributed by atoms with Gasteiger partial charge in [0.1, 0.15) is 0 Å². The molecule has 0 unspecified atom stereocenters. The number of nitrogens with zero attached hydrogens (tertiary/aromatic N) is 3. The van der Waals surface area contributed by atoms with Crippen LogP contribution in [0.2, 0.25) is 0 Å². The van der Waals surface area contributed by atoms with E-state index in [9.17, 15) is 4.79 Å². The number of aromatic nitrogens is 2. The molecule has 4 rings (SSSR count). The molecule has 0 amide bonds. The molecule has 0 aliphatic carbocycles. The van der Waals surface area contributed by atoms with Crippen molar-refractivity contribution in [3.8, 4) is 0 Å². The summed E-state index contributed by atoms with van der Waals surface area (Å²) in [6.45, 7) is 5.49. The summed E-state index contributed by atoms with van der Waals surface area (Å²) in [5.74, 6) is 2.11. The Morgan fingerprint density at radius 2 is 1.92 bits per heavy atom. The van der Waals surface area contributed by atoms with Gasteiger partial charge in [-0.3, -0.25) is 14.7 Å². The van der Waals surface area contributed by atoms with Crippen molar-refractivity contribution < 1.29 is 0 Å². The zero-order valence-corrected chi connectivity index (χ0v) is 15.2. The first kappa shape index (κ1) is 16.6. The molecule has 6 nitrogen and oxygen atoms in total. The van der Waals surface area contributed by atoms with E-state index in [1.54, 1.807) is 11.8 Å². The Kier molecular flexibility index (Phi) is 4.78. The van der Waals surface area contributed by atoms with Crippen molar-refractivity contribution in [3.05, 3.63) is 51.4 Å². The van der Waals surface area contributed by atoms with Crippen LogP contribution < -0.4 is 10.9 Å². The molecule has 0 atom stereocenters. The normalized spacial score (nSPS) is 18.3. The van der Waals surface area contributed by atoms with Crippen LogP contribution in [0.25, 0.3) is 0 Å². The van der Waals surface area contributed by atoms with Gasteiger partial charge in [-0.2, -0.15) is 11.8 Å². The highest BCUT2D eigenvalue weighted by Crippen LogP contribution is 2.26. The smallest absolute Gasteiger partial charge is 0.256 e. The SMILES string of the molecule is CN1CCN(Cc2ccc(Nc3nc4c(c(=O)[nH]3)CSC4)cc2)CC1. The molecule has 1 aromatic carbocycles. The van der Waals surface area contributed by atoms with Crippen molar-refractivity contribution in [2.45, 2.75) is 18.1 Å². The Morgan fingerprint density at radius 1 is 1.16 bits per heavy atom. The highest BCUT2D eigenvalue weighted by molar-refractivity contribution is 7.98. The fourth-order valence-electron chi connectivity index (χ4n) is 3.22. The summed E-state index contributed by atoms with van der Waals surface area (Å²) in [4.78, 5) is 24.3. The average Bonchev–Trinajstić information content (AvgIpc) is 3.08. The molecular weight excluding hydrogens is 334 g/mol. The second-order valence-corrected chi connectivity index (χ2v) is 7.72. The van der Waals surface area contributed by atoms with E-state index in [1.165, 1.54) is 5.56 Å². The van der Waals surface area contributed by atoms with E-state index in [2.05, 4.69) is 44.3 Å². The molecule has 7 heteroatoms. The second-order valence-electron chi connectivity index (χ2n) is 6.73. The molecule has 2 N–H and O–H groups in total. The number of aromatic amines is 1. The number of fused-ring (bicyclic) bond motifs is 1. The molecule has 132 valence electrons. The van der Waals surface area contributed by atoms with Gasteiger partial charge in [-0.15, -0.1) is 0 Å². The number of rotatable bonds is 4. The van der Waals surface area contributed by atoms with Crippen LogP contribution in [0.4, 0.5) is 11.6 Å². The van der Waals surface area contributed by atoms with Crippen LogP contribution in [0.3, 0.4) is 0 Å². The third-order valence-electron chi connectivity index (χ3n) is 4.81. The Hall–Kier alpha value is -1.83. The minimum atomic E-state index is -0.0239. The topological polar surface area (TPSA) is 64.3 Å². The summed E-state index contributed by atoms with van der Waals surface area (Å²) >= 11 is 1.73. The van der Waals surface area contributed by atoms with Gasteiger partial charge in [0.2, 0.25) is 5.95 Å². The minimum absolute atomic E-state index is 0.0239. The van der Waals surface area contributed by atoms with Crippen LogP contribution in [0.5, 0.6) is 0 Å². The molecule has 2 aromatic rings. The van der Waals surface area contributed by atoms with Gasteiger partial charge in [-0.25, -0.2) is 4.98 Å². The molecule has 0 bridgehead atoms. The largest absolute Gasteiger partial charge is 0.326 e. The molecule has 25 heavy (non-hydrogen) atoms. The number of nitrogens with one attached hydrogen (secondary N) is 2. The summed E-state index contributed by atoms with van der Waals surface area (Å²) in [5.41, 5.74) is 3.95. The molecule has 2 aliphatic rings. The molecule has 0 radical (unpaired) electrons. The molecule has 2 aliphatic heterocycles. The van der Waals surface area contributed by atoms with E-state index < -0.39 is 0 Å². The number of hydrogen-bond donors (Lipinski definition) is 2. The van der Waals surface area contributed by atoms with Crippen LogP contribution in [0.1, 0.15) is 16.8 Å². The summed E-state index contributed by atoms with van der Waals surface area (Å²) in [7, 11) is 2.17. The predicted molar refractivity (Wildman–Crippen MR) is 102 cm³/mol. The van der Waals surface area contributed by atoms with E-state index in [4.69, 9.17) is 0 Å². The van der Waals surface area contributed by atoms with Gasteiger partial charge in [0, 0.05) is 55.5 Å². The maximum atomic E-state index is 12.1. The Morgan fingerprint density at radius 3 is 2.68 bits per heavy atom. The van der Waals surface area contributed by atoms with Crippen molar-refractivity contribution >= 4 is 23.4 Å². The van der Waals surface area contributed by atoms with E-state index in [-0.39, 0.29) is 5.56 Å². The van der Waals surface area contributed by atoms with E-state index in [0.29, 0.717) is 5.95 Å². The number of hydrogen-bond acceptors (Lipinski definition) is 6. The monoisotopic (exact) mass is 357 g/mol. The zero-order valence-electron chi connectivity index (χ0n) is 14.4. The number of benzene rings is 1. The zero-order chi connectivity index (χ0) is 17.2. The first-order valence-electron chi connectivity index (χ1n) is 8.64. The van der Waals surface area contributed by atoms with Crippen molar-refractivity contribution in [1.29, 1.82) is 0 Å². The minimum Gasteiger partial charge on any atom is -0.326 e. The summed E-state index contributed by atoms with van der Waals surface area (Å²) < 4.78 is 0. The van der Waals surface area contributed by atoms with Gasteiger partial charge < -0.3 is 10.2 Å². The van der Waals surface area contributed by atoms with Crippen molar-refractivity contribution in [1.82, 2.24) is 19.8 Å². The number of H-pyrrole nitrogens is 1. The van der Waals surface area contributed by atoms with Crippen molar-refractivity contribution in [2.75, 3.05) is 38.5 Å². The maximum Gasteiger partial charge on any atom is 0.256 e. The quantitative estimate of drug-likeness (QED) is 0.873. The van der Waals surface area contributed by atoms with Gasteiger partial charge in [-0.1, -0.05) is 12.1 Å². The lowest BCUT2D eigenvalue weighted by molar-refractivity contribution is 0.148. The lowest BCUT2D eigenvalue weighted by Gasteiger charge is -2.32. The Bertz CT molecular complexity index is 796. The second kappa shape index (κ2) is 7.19. The van der Waals surface area contributed by atoms with Crippen LogP contribution in [0.15, 0.2) is 29.1 Å². The predicted octanol–water partition coefficient (Wildman–Crippen LogP) is 2.01. The third-order valence-corrected chi connectivity index (χ3v) is 5.78. The molecule has 0 saturated carbocycles. The molecule has 0 spiro atoms. The summed E-state index contributed by atoms with van der Waals surface area (Å²) in [6.07, 6.45) is 0. The standard InChI is InChI=1S/C18H23N5OS/c1-22-6-8-23(9-7-22)10-13-2-4-14(5-3-13)19-18-20-16-12-25-11-15(16)17(24)21-18/h2-5H,6-12H2,1H3,(H2,19,20,21,24). The third kappa shape index (κ3) is 3.89. The van der Waals surface area contributed by atoms with Gasteiger partial charge >= 0.3 is 0 Å². The van der Waals surface area contributed by atoms with E-state index in [1.807, 2.05) is 12.1 Å². The molecule has 1 fully saturated rings. The first-order chi connectivity index (χ1) is 12.2. The maximum absolute atomic E-state index is 12.1. The fraction of sp³-hybridized carbons (Fsp3) is 0.444. The van der Waals surface area contributed by atoms with E-state index in [0.717, 1.165) is 61.2 Å². The average molecular weight is 357 g/mol. The Balaban J connectivity index is 1.41. The number of thioether (sulfide) groups is 1. The van der Waals surface area contributed by atoms with Crippen LogP contribution in [-0.4, -0.2) is 53.0 Å². The van der Waals surface area contributed by atoms with Crippen LogP contribution in [-0.2, 0) is 18.1 Å². The fourth-order valence-corrected chi connectivity index (χ4v) is 4.25. The molecular formula is C18H23N5OS. The summed E-state index contributed by atoms with van der Waals surface area (Å²) in [5, 5.41) is 3.21. The number of piperazine rings is 1. The number of anilines is 2. The Labute approximate surface area is 151 Å². The van der Waals surface area contributed by atoms with Gasteiger partial charge in [-0.05, 0) is 24.7 Å². The lowest BCUT2D eigenvalue weighted by Crippen LogP contribution is -2.43. The van der Waals surface area contributed by atoms with Crippen molar-refractivity contribution in [2.24, 2.45) is 0 Å². The van der Waals surface area contributed by atoms with Crippen LogP contribution in [0, 0.1) is 0 Å². The summed E-state index contributed by atoms with van der Waals surface area (Å²) in [6, 6.07) is 8.38. The highest BCUT2D eigenvalue weighted by atomic mass is 32.2. The molecule has 1 saturated heterocycles. The van der Waals surface area contributed by atoms with Gasteiger partial charge in [0.05, 0.1) is 5.69 Å². The van der Waals surface area contributed by atoms with Crippen LogP contribution >= 0.6 is 11.8 Å². The van der Waals surface area contributed by atoms with Crippen molar-refractivity contribution in [3.63, 3.8) is 0 Å². The lowest BCUT2D eigenvalue weighted by atomic mass is 10.2. The number of likely N-dealkylation sites (N-methyl/N-ethyl adjacent to an activating group) is 1. The molecule has 1 aromatic heterocycles. The van der Waals surface area contributed by atoms with Gasteiger partial charge in [0.25, 0.3) is 5.56 Å². The van der Waals surface area contributed by atoms with Gasteiger partial charge in [0.15, 0.2) is 0 Å². The molecule has 3 heterocycles. The highest BCUT2D eigenvalue weighted by Gasteiger charge is 2.17.